The molecule has 1 aliphatic rings. The van der Waals surface area contributed by atoms with Crippen LogP contribution in [-0.2, 0) is 17.8 Å². The van der Waals surface area contributed by atoms with Gasteiger partial charge in [-0.3, -0.25) is 10.1 Å². The molecule has 1 aromatic heterocycles. The van der Waals surface area contributed by atoms with E-state index in [1.165, 1.54) is 0 Å². The average molecular weight is 280 g/mol. The van der Waals surface area contributed by atoms with Crippen LogP contribution in [0.5, 0.6) is 0 Å². The summed E-state index contributed by atoms with van der Waals surface area (Å²) >= 11 is 0. The topological polar surface area (TPSA) is 90.0 Å². The van der Waals surface area contributed by atoms with Crippen LogP contribution < -0.4 is 10.6 Å². The third-order valence-electron chi connectivity index (χ3n) is 3.41. The maximum absolute atomic E-state index is 12.1. The van der Waals surface area contributed by atoms with Crippen LogP contribution in [0.4, 0.5) is 0 Å². The number of fused-ring (bicyclic) bond motifs is 1. The van der Waals surface area contributed by atoms with E-state index in [9.17, 15) is 9.90 Å². The van der Waals surface area contributed by atoms with Gasteiger partial charge in [-0.05, 0) is 11.8 Å². The molecule has 2 heterocycles. The maximum atomic E-state index is 12.1. The average Bonchev–Trinajstić information content (AvgIpc) is 2.80. The SMILES string of the molecule is CC(C)(C)CC(O)CNC(=O)C1Cc2nc[nH]c2CN1. The van der Waals surface area contributed by atoms with E-state index in [0.29, 0.717) is 25.9 Å². The predicted octanol–water partition coefficient (Wildman–Crippen LogP) is 0.337. The van der Waals surface area contributed by atoms with Crippen LogP contribution in [0.3, 0.4) is 0 Å². The van der Waals surface area contributed by atoms with Gasteiger partial charge in [0, 0.05) is 19.5 Å². The summed E-state index contributed by atoms with van der Waals surface area (Å²) in [5.74, 6) is -0.0772. The Hall–Kier alpha value is -1.40. The number of H-pyrrole nitrogens is 1. The fourth-order valence-corrected chi connectivity index (χ4v) is 2.48. The van der Waals surface area contributed by atoms with Crippen LogP contribution in [0, 0.1) is 5.41 Å². The smallest absolute Gasteiger partial charge is 0.237 e. The van der Waals surface area contributed by atoms with Gasteiger partial charge < -0.3 is 15.4 Å². The fraction of sp³-hybridized carbons (Fsp3) is 0.714. The minimum atomic E-state index is -0.511. The van der Waals surface area contributed by atoms with Crippen LogP contribution in [0.25, 0.3) is 0 Å². The first-order valence-corrected chi connectivity index (χ1v) is 7.05. The summed E-state index contributed by atoms with van der Waals surface area (Å²) in [7, 11) is 0. The summed E-state index contributed by atoms with van der Waals surface area (Å²) < 4.78 is 0. The van der Waals surface area contributed by atoms with Gasteiger partial charge in [0.25, 0.3) is 0 Å². The Balaban J connectivity index is 1.79. The highest BCUT2D eigenvalue weighted by Crippen LogP contribution is 2.20. The summed E-state index contributed by atoms with van der Waals surface area (Å²) in [6.45, 7) is 7.12. The predicted molar refractivity (Wildman–Crippen MR) is 76.0 cm³/mol. The number of nitrogens with zero attached hydrogens (tertiary/aromatic N) is 1. The van der Waals surface area contributed by atoms with Crippen molar-refractivity contribution in [3.8, 4) is 0 Å². The quantitative estimate of drug-likeness (QED) is 0.640. The number of nitrogens with one attached hydrogen (secondary N) is 3. The van der Waals surface area contributed by atoms with E-state index >= 15 is 0 Å². The zero-order chi connectivity index (χ0) is 14.8. The van der Waals surface area contributed by atoms with Crippen molar-refractivity contribution in [1.29, 1.82) is 0 Å². The Morgan fingerprint density at radius 3 is 3.05 bits per heavy atom. The molecule has 0 radical (unpaired) electrons. The van der Waals surface area contributed by atoms with Crippen molar-refractivity contribution in [1.82, 2.24) is 20.6 Å². The van der Waals surface area contributed by atoms with Crippen molar-refractivity contribution in [2.75, 3.05) is 6.54 Å². The van der Waals surface area contributed by atoms with Crippen molar-refractivity contribution in [3.63, 3.8) is 0 Å². The molecule has 2 atom stereocenters. The van der Waals surface area contributed by atoms with E-state index in [0.717, 1.165) is 11.4 Å². The number of aliphatic hydroxyl groups excluding tert-OH is 1. The van der Waals surface area contributed by atoms with Crippen molar-refractivity contribution in [2.24, 2.45) is 5.41 Å². The molecule has 2 rings (SSSR count). The van der Waals surface area contributed by atoms with Crippen LogP contribution in [0.1, 0.15) is 38.6 Å². The lowest BCUT2D eigenvalue weighted by molar-refractivity contribution is -0.123. The Labute approximate surface area is 119 Å². The lowest BCUT2D eigenvalue weighted by Gasteiger charge is -2.25. The van der Waals surface area contributed by atoms with Crippen molar-refractivity contribution < 1.29 is 9.90 Å². The molecule has 4 N–H and O–H groups in total. The number of imidazole rings is 1. The number of carbonyl (C=O) groups is 1. The summed E-state index contributed by atoms with van der Waals surface area (Å²) in [4.78, 5) is 19.3. The van der Waals surface area contributed by atoms with Gasteiger partial charge in [0.15, 0.2) is 0 Å². The summed E-state index contributed by atoms with van der Waals surface area (Å²) in [5, 5.41) is 15.9. The molecule has 0 aromatic carbocycles. The molecule has 0 saturated carbocycles. The van der Waals surface area contributed by atoms with E-state index < -0.39 is 6.10 Å². The monoisotopic (exact) mass is 280 g/mol. The van der Waals surface area contributed by atoms with Gasteiger partial charge in [-0.15, -0.1) is 0 Å². The highest BCUT2D eigenvalue weighted by Gasteiger charge is 2.26. The van der Waals surface area contributed by atoms with Gasteiger partial charge in [-0.1, -0.05) is 20.8 Å². The Morgan fingerprint density at radius 2 is 2.35 bits per heavy atom. The highest BCUT2D eigenvalue weighted by molar-refractivity contribution is 5.82. The summed E-state index contributed by atoms with van der Waals surface area (Å²) in [5.41, 5.74) is 2.04. The second kappa shape index (κ2) is 5.93. The zero-order valence-corrected chi connectivity index (χ0v) is 12.4. The van der Waals surface area contributed by atoms with Crippen LogP contribution >= 0.6 is 0 Å². The van der Waals surface area contributed by atoms with E-state index in [1.54, 1.807) is 6.33 Å². The van der Waals surface area contributed by atoms with Crippen LogP contribution in [-0.4, -0.2) is 39.7 Å². The Kier molecular flexibility index (Phi) is 4.45. The minimum Gasteiger partial charge on any atom is -0.391 e. The molecule has 0 saturated heterocycles. The number of aromatic nitrogens is 2. The van der Waals surface area contributed by atoms with Crippen LogP contribution in [0.15, 0.2) is 6.33 Å². The highest BCUT2D eigenvalue weighted by atomic mass is 16.3. The van der Waals surface area contributed by atoms with Gasteiger partial charge in [0.1, 0.15) is 0 Å². The number of rotatable bonds is 4. The van der Waals surface area contributed by atoms with E-state index in [-0.39, 0.29) is 17.4 Å². The zero-order valence-electron chi connectivity index (χ0n) is 12.4. The fourth-order valence-electron chi connectivity index (χ4n) is 2.48. The van der Waals surface area contributed by atoms with Crippen LogP contribution in [0.2, 0.25) is 0 Å². The molecule has 1 aliphatic heterocycles. The lowest BCUT2D eigenvalue weighted by atomic mass is 9.89. The Morgan fingerprint density at radius 1 is 1.60 bits per heavy atom. The number of hydrogen-bond acceptors (Lipinski definition) is 4. The first kappa shape index (κ1) is 15.0. The molecule has 0 bridgehead atoms. The second-order valence-electron chi connectivity index (χ2n) is 6.63. The first-order valence-electron chi connectivity index (χ1n) is 7.05. The molecule has 20 heavy (non-hydrogen) atoms. The lowest BCUT2D eigenvalue weighted by Crippen LogP contribution is -2.49. The molecule has 1 aromatic rings. The van der Waals surface area contributed by atoms with Crippen molar-refractivity contribution >= 4 is 5.91 Å². The molecule has 6 heteroatoms. The maximum Gasteiger partial charge on any atom is 0.237 e. The number of carbonyl (C=O) groups excluding carboxylic acids is 1. The molecule has 2 unspecified atom stereocenters. The molecule has 0 fully saturated rings. The largest absolute Gasteiger partial charge is 0.391 e. The molecular weight excluding hydrogens is 256 g/mol. The van der Waals surface area contributed by atoms with E-state index in [2.05, 4.69) is 41.4 Å². The molecule has 0 spiro atoms. The minimum absolute atomic E-state index is 0.0528. The third kappa shape index (κ3) is 4.05. The number of amides is 1. The molecule has 1 amide bonds. The van der Waals surface area contributed by atoms with E-state index in [1.807, 2.05) is 0 Å². The standard InChI is InChI=1S/C14H24N4O2/c1-14(2,3)5-9(19)6-16-13(20)11-4-10-12(7-15-11)18-8-17-10/h8-9,11,15,19H,4-7H2,1-3H3,(H,16,20)(H,17,18). The van der Waals surface area contributed by atoms with Gasteiger partial charge in [0.2, 0.25) is 5.91 Å². The van der Waals surface area contributed by atoms with Gasteiger partial charge in [0.05, 0.1) is 29.9 Å². The Bertz CT molecular complexity index is 464. The summed E-state index contributed by atoms with van der Waals surface area (Å²) in [6, 6.07) is -0.271. The first-order chi connectivity index (χ1) is 9.35. The molecular formula is C14H24N4O2. The normalized spacial score (nSPS) is 20.3. The van der Waals surface area contributed by atoms with Gasteiger partial charge in [-0.25, -0.2) is 4.98 Å². The third-order valence-corrected chi connectivity index (χ3v) is 3.41. The van der Waals surface area contributed by atoms with E-state index in [4.69, 9.17) is 0 Å². The van der Waals surface area contributed by atoms with Crippen molar-refractivity contribution in [3.05, 3.63) is 17.7 Å². The number of aromatic amines is 1. The number of aliphatic hydroxyl groups is 1. The second-order valence-corrected chi connectivity index (χ2v) is 6.63. The molecule has 112 valence electrons. The summed E-state index contributed by atoms with van der Waals surface area (Å²) in [6.07, 6.45) is 2.39. The number of hydrogen-bond donors (Lipinski definition) is 4. The van der Waals surface area contributed by atoms with Gasteiger partial charge in [-0.2, -0.15) is 0 Å². The molecule has 0 aliphatic carbocycles. The van der Waals surface area contributed by atoms with Crippen molar-refractivity contribution in [2.45, 2.75) is 52.3 Å². The molecule has 6 nitrogen and oxygen atoms in total. The van der Waals surface area contributed by atoms with Gasteiger partial charge >= 0.3 is 0 Å².